The lowest BCUT2D eigenvalue weighted by atomic mass is 9.92. The molecule has 1 heterocycles. The highest BCUT2D eigenvalue weighted by Crippen LogP contribution is 2.43. The molecule has 0 amide bonds. The average Bonchev–Trinajstić information content (AvgIpc) is 3.52. The Kier molecular flexibility index (Phi) is 5.82. The molecule has 1 aromatic heterocycles. The number of alkyl halides is 1. The Bertz CT molecular complexity index is 1130. The van der Waals surface area contributed by atoms with Gasteiger partial charge in [0.2, 0.25) is 0 Å². The first-order valence-corrected chi connectivity index (χ1v) is 12.3. The number of anilines is 1. The number of fused-ring (bicyclic) bond motifs is 1. The van der Waals surface area contributed by atoms with Crippen LogP contribution in [0.5, 0.6) is 5.75 Å². The summed E-state index contributed by atoms with van der Waals surface area (Å²) in [5.74, 6) is -0.533. The summed E-state index contributed by atoms with van der Waals surface area (Å²) < 4.78 is 24.5. The fourth-order valence-corrected chi connectivity index (χ4v) is 4.92. The number of rotatable bonds is 8. The van der Waals surface area contributed by atoms with Crippen LogP contribution in [0.1, 0.15) is 43.7 Å². The number of nitrogens with zero attached hydrogens (tertiary/aromatic N) is 2. The molecule has 2 atom stereocenters. The molecule has 160 valence electrons. The van der Waals surface area contributed by atoms with Crippen molar-refractivity contribution in [2.24, 2.45) is 0 Å². The van der Waals surface area contributed by atoms with E-state index in [1.165, 1.54) is 19.3 Å². The third kappa shape index (κ3) is 4.27. The molecule has 0 spiro atoms. The molecule has 7 heteroatoms. The Labute approximate surface area is 188 Å². The molecule has 1 N–H and O–H groups in total. The molecule has 0 aliphatic heterocycles. The molecule has 2 fully saturated rings. The summed E-state index contributed by atoms with van der Waals surface area (Å²) in [6.07, 6.45) is 6.03. The average molecular weight is 454 g/mol. The Hall–Kier alpha value is -2.22. The van der Waals surface area contributed by atoms with E-state index in [-0.39, 0.29) is 6.61 Å². The third-order valence-corrected chi connectivity index (χ3v) is 7.31. The summed E-state index contributed by atoms with van der Waals surface area (Å²) >= 11 is 1.79. The van der Waals surface area contributed by atoms with Crippen LogP contribution in [-0.2, 0) is 0 Å². The zero-order valence-electron chi connectivity index (χ0n) is 17.2. The molecule has 2 aromatic carbocycles. The highest BCUT2D eigenvalue weighted by molar-refractivity contribution is 8.01. The summed E-state index contributed by atoms with van der Waals surface area (Å²) in [6.45, 7) is -0.0262. The molecule has 4 nitrogen and oxygen atoms in total. The molecular formula is C24H25FN3OPS. The molecule has 31 heavy (non-hydrogen) atoms. The standard InChI is InChI=1S/C24H25FN3OPS/c25-23(30)14-29-18-8-11-22-20(12-18)21(13-26)24(28(22)17-2-1-3-17)15-4-6-16(7-5-15)27-31-19-9-10-19/h4-8,11-12,17,19,23,27H,1-3,9-10,14,30H2. The van der Waals surface area contributed by atoms with Crippen LogP contribution in [0.15, 0.2) is 42.5 Å². The predicted molar refractivity (Wildman–Crippen MR) is 129 cm³/mol. The van der Waals surface area contributed by atoms with Crippen molar-refractivity contribution >= 4 is 37.8 Å². The maximum absolute atomic E-state index is 13.2. The van der Waals surface area contributed by atoms with Crippen molar-refractivity contribution in [3.05, 3.63) is 48.0 Å². The zero-order chi connectivity index (χ0) is 21.4. The first-order valence-electron chi connectivity index (χ1n) is 10.8. The van der Waals surface area contributed by atoms with E-state index in [1.807, 2.05) is 18.2 Å². The Morgan fingerprint density at radius 2 is 1.97 bits per heavy atom. The van der Waals surface area contributed by atoms with Gasteiger partial charge in [-0.3, -0.25) is 0 Å². The summed E-state index contributed by atoms with van der Waals surface area (Å²) in [5.41, 5.74) is 4.79. The maximum atomic E-state index is 13.2. The van der Waals surface area contributed by atoms with Gasteiger partial charge in [0.05, 0.1) is 16.8 Å². The molecule has 5 rings (SSSR count). The van der Waals surface area contributed by atoms with Crippen LogP contribution in [0, 0.1) is 11.3 Å². The second-order valence-corrected chi connectivity index (χ2v) is 10.1. The molecule has 2 aliphatic rings. The Morgan fingerprint density at radius 1 is 1.19 bits per heavy atom. The lowest BCUT2D eigenvalue weighted by Gasteiger charge is -2.30. The van der Waals surface area contributed by atoms with Crippen molar-refractivity contribution in [3.63, 3.8) is 0 Å². The summed E-state index contributed by atoms with van der Waals surface area (Å²) in [5, 5.41) is 11.7. The van der Waals surface area contributed by atoms with Gasteiger partial charge in [0.1, 0.15) is 24.3 Å². The number of nitriles is 1. The van der Waals surface area contributed by atoms with Crippen molar-refractivity contribution < 1.29 is 9.13 Å². The third-order valence-electron chi connectivity index (χ3n) is 5.96. The molecule has 2 saturated carbocycles. The minimum atomic E-state index is -1.12. The minimum Gasteiger partial charge on any atom is -0.490 e. The van der Waals surface area contributed by atoms with E-state index >= 15 is 0 Å². The van der Waals surface area contributed by atoms with Gasteiger partial charge in [-0.2, -0.15) is 5.26 Å². The van der Waals surface area contributed by atoms with E-state index in [2.05, 4.69) is 48.9 Å². The van der Waals surface area contributed by atoms with Crippen molar-refractivity contribution in [1.82, 2.24) is 4.57 Å². The van der Waals surface area contributed by atoms with E-state index in [0.29, 0.717) is 17.4 Å². The van der Waals surface area contributed by atoms with E-state index in [9.17, 15) is 9.65 Å². The second-order valence-electron chi connectivity index (χ2n) is 8.29. The number of nitrogens with one attached hydrogen (secondary N) is 1. The van der Waals surface area contributed by atoms with Crippen LogP contribution in [0.2, 0.25) is 0 Å². The Balaban J connectivity index is 1.55. The highest BCUT2D eigenvalue weighted by atomic mass is 32.2. The van der Waals surface area contributed by atoms with Gasteiger partial charge in [-0.15, -0.1) is 0 Å². The molecule has 2 aliphatic carbocycles. The second kappa shape index (κ2) is 8.73. The molecular weight excluding hydrogens is 428 g/mol. The molecule has 0 saturated heterocycles. The van der Waals surface area contributed by atoms with Crippen LogP contribution >= 0.6 is 21.2 Å². The smallest absolute Gasteiger partial charge is 0.147 e. The predicted octanol–water partition coefficient (Wildman–Crippen LogP) is 6.68. The fraction of sp³-hybridized carbons (Fsp3) is 0.375. The number of halogens is 1. The van der Waals surface area contributed by atoms with E-state index in [0.717, 1.165) is 45.9 Å². The quantitative estimate of drug-likeness (QED) is 0.305. The first kappa shape index (κ1) is 20.7. The van der Waals surface area contributed by atoms with Crippen LogP contribution in [0.4, 0.5) is 10.1 Å². The van der Waals surface area contributed by atoms with Crippen LogP contribution in [-0.4, -0.2) is 22.3 Å². The topological polar surface area (TPSA) is 50.0 Å². The molecule has 0 radical (unpaired) electrons. The summed E-state index contributed by atoms with van der Waals surface area (Å²) in [6, 6.07) is 17.0. The molecule has 0 bridgehead atoms. The minimum absolute atomic E-state index is 0.0262. The van der Waals surface area contributed by atoms with Crippen molar-refractivity contribution in [3.8, 4) is 23.1 Å². The normalized spacial score (nSPS) is 17.2. The van der Waals surface area contributed by atoms with Gasteiger partial charge < -0.3 is 14.0 Å². The van der Waals surface area contributed by atoms with Crippen LogP contribution in [0.25, 0.3) is 22.2 Å². The lowest BCUT2D eigenvalue weighted by Crippen LogP contribution is -2.17. The summed E-state index contributed by atoms with van der Waals surface area (Å²) in [7, 11) is 2.09. The van der Waals surface area contributed by atoms with Gasteiger partial charge in [-0.05, 0) is 79.9 Å². The number of benzene rings is 2. The zero-order valence-corrected chi connectivity index (χ0v) is 19.2. The van der Waals surface area contributed by atoms with Gasteiger partial charge >= 0.3 is 0 Å². The van der Waals surface area contributed by atoms with Gasteiger partial charge in [-0.25, -0.2) is 4.39 Å². The highest BCUT2D eigenvalue weighted by Gasteiger charge is 2.28. The number of hydrogen-bond acceptors (Lipinski definition) is 4. The monoisotopic (exact) mass is 453 g/mol. The van der Waals surface area contributed by atoms with Crippen molar-refractivity contribution in [2.45, 2.75) is 49.3 Å². The molecule has 2 unspecified atom stereocenters. The number of hydrogen-bond donors (Lipinski definition) is 1. The van der Waals surface area contributed by atoms with E-state index < -0.39 is 5.91 Å². The lowest BCUT2D eigenvalue weighted by molar-refractivity contribution is 0.253. The van der Waals surface area contributed by atoms with Crippen LogP contribution in [0.3, 0.4) is 0 Å². The first-order chi connectivity index (χ1) is 15.1. The number of aromatic nitrogens is 1. The summed E-state index contributed by atoms with van der Waals surface area (Å²) in [4.78, 5) is 0. The van der Waals surface area contributed by atoms with Gasteiger partial charge in [-0.1, -0.05) is 21.4 Å². The van der Waals surface area contributed by atoms with Gasteiger partial charge in [0.15, 0.2) is 0 Å². The largest absolute Gasteiger partial charge is 0.490 e. The van der Waals surface area contributed by atoms with Gasteiger partial charge in [0.25, 0.3) is 0 Å². The SMILES string of the molecule is N#Cc1c(-c2ccc(NSC3CC3)cc2)n(C2CCC2)c2ccc(OCC(F)P)cc12. The fourth-order valence-electron chi connectivity index (χ4n) is 4.01. The Morgan fingerprint density at radius 3 is 2.58 bits per heavy atom. The van der Waals surface area contributed by atoms with Crippen molar-refractivity contribution in [1.29, 1.82) is 5.26 Å². The maximum Gasteiger partial charge on any atom is 0.147 e. The van der Waals surface area contributed by atoms with E-state index in [4.69, 9.17) is 4.74 Å². The number of ether oxygens (including phenoxy) is 1. The molecule has 3 aromatic rings. The van der Waals surface area contributed by atoms with Crippen molar-refractivity contribution in [2.75, 3.05) is 11.3 Å². The van der Waals surface area contributed by atoms with E-state index in [1.54, 1.807) is 11.9 Å². The van der Waals surface area contributed by atoms with Gasteiger partial charge in [0, 0.05) is 22.4 Å². The van der Waals surface area contributed by atoms with Crippen LogP contribution < -0.4 is 9.46 Å².